The highest BCUT2D eigenvalue weighted by Gasteiger charge is 2.46. The summed E-state index contributed by atoms with van der Waals surface area (Å²) in [5.74, 6) is -5.19. The van der Waals surface area contributed by atoms with Crippen molar-refractivity contribution in [1.29, 1.82) is 0 Å². The van der Waals surface area contributed by atoms with E-state index in [9.17, 15) is 33.6 Å². The minimum Gasteiger partial charge on any atom is -0.491 e. The van der Waals surface area contributed by atoms with Crippen molar-refractivity contribution in [2.75, 3.05) is 13.1 Å². The molecular formula is C55H74N12O9. The second-order valence-corrected chi connectivity index (χ2v) is 19.9. The van der Waals surface area contributed by atoms with Gasteiger partial charge in [0.25, 0.3) is 0 Å². The quantitative estimate of drug-likeness (QED) is 0.0462. The summed E-state index contributed by atoms with van der Waals surface area (Å²) in [4.78, 5) is 121. The lowest BCUT2D eigenvalue weighted by molar-refractivity contribution is -0.139. The smallest absolute Gasteiger partial charge is 0.246 e. The van der Waals surface area contributed by atoms with Crippen molar-refractivity contribution < 1.29 is 43.1 Å². The third-order valence-corrected chi connectivity index (χ3v) is 13.6. The lowest BCUT2D eigenvalue weighted by Crippen LogP contribution is -2.67. The van der Waals surface area contributed by atoms with Gasteiger partial charge in [0, 0.05) is 55.9 Å². The van der Waals surface area contributed by atoms with Gasteiger partial charge in [-0.2, -0.15) is 0 Å². The Kier molecular flexibility index (Phi) is 20.8. The number of amides is 8. The minimum atomic E-state index is -1.75. The first-order chi connectivity index (χ1) is 36.4. The molecule has 8 amide bonds. The van der Waals surface area contributed by atoms with Gasteiger partial charge in [0.05, 0.1) is 12.5 Å². The molecule has 0 bridgehead atoms. The lowest BCUT2D eigenvalue weighted by Gasteiger charge is -2.40. The zero-order chi connectivity index (χ0) is 54.8. The number of primary amides is 1. The second-order valence-electron chi connectivity index (χ2n) is 19.9. The molecule has 4 aromatic rings. The first kappa shape index (κ1) is 57.3. The number of carbonyl (C=O) groups is 8. The molecule has 6 atom stereocenters. The van der Waals surface area contributed by atoms with E-state index in [1.807, 2.05) is 57.2 Å². The van der Waals surface area contributed by atoms with Gasteiger partial charge in [-0.1, -0.05) is 74.0 Å². The number of hydrogen-bond acceptors (Lipinski definition) is 10. The van der Waals surface area contributed by atoms with Gasteiger partial charge < -0.3 is 64.1 Å². The summed E-state index contributed by atoms with van der Waals surface area (Å²) < 4.78 is 6.16. The number of aliphatic imine (C=N–C) groups is 1. The van der Waals surface area contributed by atoms with E-state index >= 15 is 4.79 Å². The van der Waals surface area contributed by atoms with E-state index in [0.29, 0.717) is 48.1 Å². The molecule has 76 heavy (non-hydrogen) atoms. The average molecular weight is 1050 g/mol. The Morgan fingerprint density at radius 1 is 0.803 bits per heavy atom. The van der Waals surface area contributed by atoms with Crippen LogP contribution in [0.5, 0.6) is 5.75 Å². The lowest BCUT2D eigenvalue weighted by atomic mass is 9.76. The van der Waals surface area contributed by atoms with Crippen molar-refractivity contribution in [2.24, 2.45) is 22.2 Å². The number of rotatable bonds is 15. The average Bonchev–Trinajstić information content (AvgIpc) is 3.80. The number of aromatic amines is 1. The molecule has 3 aromatic carbocycles. The molecule has 21 heteroatoms. The van der Waals surface area contributed by atoms with Crippen LogP contribution in [-0.2, 0) is 64.0 Å². The van der Waals surface area contributed by atoms with Crippen LogP contribution in [0.15, 0.2) is 84.0 Å². The maximum absolute atomic E-state index is 15.4. The van der Waals surface area contributed by atoms with Gasteiger partial charge in [0.15, 0.2) is 5.96 Å². The van der Waals surface area contributed by atoms with Crippen molar-refractivity contribution in [2.45, 2.75) is 153 Å². The van der Waals surface area contributed by atoms with E-state index < -0.39 is 89.4 Å². The van der Waals surface area contributed by atoms with Crippen LogP contribution in [0, 0.1) is 0 Å². The van der Waals surface area contributed by atoms with E-state index in [1.54, 1.807) is 42.6 Å². The molecule has 2 aliphatic rings. The Balaban J connectivity index is 1.43. The number of aromatic nitrogens is 1. The Morgan fingerprint density at radius 3 is 2.25 bits per heavy atom. The number of H-pyrrole nitrogens is 1. The van der Waals surface area contributed by atoms with Crippen molar-refractivity contribution in [1.82, 2.24) is 42.2 Å². The molecule has 1 saturated heterocycles. The highest BCUT2D eigenvalue weighted by atomic mass is 16.5. The van der Waals surface area contributed by atoms with Gasteiger partial charge in [0.2, 0.25) is 47.3 Å². The first-order valence-electron chi connectivity index (χ1n) is 26.3. The van der Waals surface area contributed by atoms with Crippen LogP contribution >= 0.6 is 0 Å². The Morgan fingerprint density at radius 2 is 1.51 bits per heavy atom. The third kappa shape index (κ3) is 16.3. The fraction of sp³-hybridized carbons (Fsp3) is 0.473. The number of carbonyl (C=O) groups excluding carboxylic acids is 8. The van der Waals surface area contributed by atoms with Crippen molar-refractivity contribution >= 4 is 64.1 Å². The number of unbranched alkanes of at least 4 members (excludes halogenated alkanes) is 1. The Bertz CT molecular complexity index is 2720. The number of fused-ring (bicyclic) bond motifs is 2. The summed E-state index contributed by atoms with van der Waals surface area (Å²) in [7, 11) is 0. The summed E-state index contributed by atoms with van der Waals surface area (Å²) >= 11 is 0. The zero-order valence-corrected chi connectivity index (χ0v) is 43.6. The number of nitrogens with one attached hydrogen (secondary N) is 8. The van der Waals surface area contributed by atoms with E-state index in [4.69, 9.17) is 21.9 Å². The second kappa shape index (κ2) is 27.5. The van der Waals surface area contributed by atoms with E-state index in [1.165, 1.54) is 0 Å². The Labute approximate surface area is 442 Å². The molecule has 408 valence electrons. The fourth-order valence-electron chi connectivity index (χ4n) is 9.59. The molecule has 2 heterocycles. The van der Waals surface area contributed by atoms with Crippen molar-refractivity contribution in [3.63, 3.8) is 0 Å². The molecule has 14 N–H and O–H groups in total. The predicted molar refractivity (Wildman–Crippen MR) is 287 cm³/mol. The van der Waals surface area contributed by atoms with Gasteiger partial charge in [-0.25, -0.2) is 0 Å². The first-order valence-corrected chi connectivity index (χ1v) is 26.3. The van der Waals surface area contributed by atoms with E-state index in [2.05, 4.69) is 47.2 Å². The summed E-state index contributed by atoms with van der Waals surface area (Å²) in [6.07, 6.45) is 3.40. The van der Waals surface area contributed by atoms with Crippen LogP contribution in [0.1, 0.15) is 107 Å². The van der Waals surface area contributed by atoms with Crippen LogP contribution < -0.4 is 59.2 Å². The number of benzene rings is 3. The zero-order valence-electron chi connectivity index (χ0n) is 43.6. The van der Waals surface area contributed by atoms with Crippen LogP contribution in [0.2, 0.25) is 0 Å². The minimum absolute atomic E-state index is 0.0264. The normalized spacial score (nSPS) is 22.4. The third-order valence-electron chi connectivity index (χ3n) is 13.6. The van der Waals surface area contributed by atoms with Crippen molar-refractivity contribution in [3.8, 4) is 5.75 Å². The molecule has 0 saturated carbocycles. The molecule has 1 aliphatic carbocycles. The maximum atomic E-state index is 15.4. The number of nitrogens with two attached hydrogens (primary N) is 3. The summed E-state index contributed by atoms with van der Waals surface area (Å²) in [5.41, 5.74) is 19.0. The number of para-hydroxylation sites is 1. The molecule has 21 nitrogen and oxygen atoms in total. The monoisotopic (exact) mass is 1050 g/mol. The van der Waals surface area contributed by atoms with E-state index in [0.717, 1.165) is 16.5 Å². The SMILES string of the molecule is CCCCC(=O)NC1CC(=O)NCCCC[C@@H](C(N)=O)NC(=O)[C@H](Cc2c[nH]c3ccccc23)NC(=O)[C@H](CCCN=C(N)N)NC(=O)[C@@H](Cc2ccccc2)NC(=O)C2(CCc3c(cccc3OC(C)C)C2)NC1=O. The van der Waals surface area contributed by atoms with Crippen molar-refractivity contribution in [3.05, 3.63) is 101 Å². The van der Waals surface area contributed by atoms with Gasteiger partial charge in [-0.3, -0.25) is 43.3 Å². The van der Waals surface area contributed by atoms with Gasteiger partial charge >= 0.3 is 0 Å². The largest absolute Gasteiger partial charge is 0.491 e. The molecule has 1 fully saturated rings. The molecular weight excluding hydrogens is 973 g/mol. The van der Waals surface area contributed by atoms with Gasteiger partial charge in [-0.05, 0) is 99.6 Å². The molecule has 1 aromatic heterocycles. The number of guanidine groups is 1. The number of nitrogens with zero attached hydrogens (tertiary/aromatic N) is 1. The molecule has 6 rings (SSSR count). The van der Waals surface area contributed by atoms with Crippen LogP contribution in [0.4, 0.5) is 0 Å². The molecule has 2 unspecified atom stereocenters. The standard InChI is InChI=1S/C55H74N12O9/c1-4-5-23-46(68)62-44-30-47(69)59-26-12-11-20-40(48(56)70)63-51(73)43(29-36-32-61-39-19-10-9-18-37(36)39)65-49(71)41(21-14-27-60-54(57)58)64-50(72)42(28-34-15-7-6-8-16-34)66-53(75)55(67-52(44)74)25-24-38-35(31-55)17-13-22-45(38)76-33(2)3/h6-10,13,15-19,22,32-33,40-44,61H,4-5,11-12,14,20-21,23-31H2,1-3H3,(H2,56,70)(H,59,69)(H,62,68)(H,63,73)(H,64,72)(H,65,71)(H,66,75)(H,67,74)(H4,57,58,60)/t40-,41-,42+,43-,44?,55?/m0/s1. The predicted octanol–water partition coefficient (Wildman–Crippen LogP) is 1.63. The van der Waals surface area contributed by atoms with Gasteiger partial charge in [0.1, 0.15) is 41.5 Å². The highest BCUT2D eigenvalue weighted by molar-refractivity contribution is 6.00. The van der Waals surface area contributed by atoms with Crippen LogP contribution in [0.3, 0.4) is 0 Å². The van der Waals surface area contributed by atoms with Crippen LogP contribution in [0.25, 0.3) is 10.9 Å². The summed E-state index contributed by atoms with van der Waals surface area (Å²) in [6.45, 7) is 5.90. The summed E-state index contributed by atoms with van der Waals surface area (Å²) in [5, 5.41) is 20.6. The van der Waals surface area contributed by atoms with Crippen LogP contribution in [-0.4, -0.2) is 113 Å². The Hall–Kier alpha value is -7.97. The maximum Gasteiger partial charge on any atom is 0.246 e. The number of ether oxygens (including phenoxy) is 1. The molecule has 1 aliphatic heterocycles. The topological polar surface area (TPSA) is 336 Å². The number of hydrogen-bond donors (Lipinski definition) is 11. The van der Waals surface area contributed by atoms with Gasteiger partial charge in [-0.15, -0.1) is 0 Å². The molecule has 0 radical (unpaired) electrons. The summed E-state index contributed by atoms with van der Waals surface area (Å²) in [6, 6.07) is 15.2. The highest BCUT2D eigenvalue weighted by Crippen LogP contribution is 2.35. The fourth-order valence-corrected chi connectivity index (χ4v) is 9.59. The molecule has 1 spiro atoms. The van der Waals surface area contributed by atoms with E-state index in [-0.39, 0.29) is 82.9 Å².